The number of aliphatic hydroxyl groups excluding tert-OH is 1. The first-order chi connectivity index (χ1) is 8.78. The molecule has 94 valence electrons. The SMILES string of the molecule is OCc1cccc(OCCc2cccc(Br)c2)c1. The summed E-state index contributed by atoms with van der Waals surface area (Å²) in [5, 5.41) is 9.04. The molecule has 2 aromatic rings. The van der Waals surface area contributed by atoms with Gasteiger partial charge >= 0.3 is 0 Å². The van der Waals surface area contributed by atoms with Crippen molar-refractivity contribution in [3.05, 3.63) is 64.1 Å². The van der Waals surface area contributed by atoms with Crippen LogP contribution in [0.25, 0.3) is 0 Å². The third-order valence-electron chi connectivity index (χ3n) is 2.63. The number of ether oxygens (including phenoxy) is 1. The van der Waals surface area contributed by atoms with Gasteiger partial charge in [0.2, 0.25) is 0 Å². The standard InChI is InChI=1S/C15H15BrO2/c16-14-5-1-3-12(9-14)7-8-18-15-6-2-4-13(10-15)11-17/h1-6,9-10,17H,7-8,11H2. The predicted molar refractivity (Wildman–Crippen MR) is 75.7 cm³/mol. The summed E-state index contributed by atoms with van der Waals surface area (Å²) in [5.41, 5.74) is 2.11. The van der Waals surface area contributed by atoms with Crippen LogP contribution in [-0.2, 0) is 13.0 Å². The van der Waals surface area contributed by atoms with Crippen molar-refractivity contribution >= 4 is 15.9 Å². The normalized spacial score (nSPS) is 10.3. The van der Waals surface area contributed by atoms with Gasteiger partial charge in [0, 0.05) is 10.9 Å². The summed E-state index contributed by atoms with van der Waals surface area (Å²) in [7, 11) is 0. The van der Waals surface area contributed by atoms with Gasteiger partial charge in [0.15, 0.2) is 0 Å². The highest BCUT2D eigenvalue weighted by molar-refractivity contribution is 9.10. The Morgan fingerprint density at radius 2 is 1.78 bits per heavy atom. The Bertz CT molecular complexity index is 511. The van der Waals surface area contributed by atoms with Crippen molar-refractivity contribution in [2.24, 2.45) is 0 Å². The van der Waals surface area contributed by atoms with Gasteiger partial charge < -0.3 is 9.84 Å². The average molecular weight is 307 g/mol. The number of rotatable bonds is 5. The van der Waals surface area contributed by atoms with E-state index in [1.807, 2.05) is 36.4 Å². The maximum absolute atomic E-state index is 9.04. The van der Waals surface area contributed by atoms with Crippen LogP contribution in [0.15, 0.2) is 53.0 Å². The molecule has 0 aliphatic carbocycles. The number of aliphatic hydroxyl groups is 1. The summed E-state index contributed by atoms with van der Waals surface area (Å²) < 4.78 is 6.75. The van der Waals surface area contributed by atoms with Gasteiger partial charge in [-0.3, -0.25) is 0 Å². The summed E-state index contributed by atoms with van der Waals surface area (Å²) in [5.74, 6) is 0.802. The molecule has 0 aromatic heterocycles. The molecule has 0 saturated heterocycles. The molecule has 0 bridgehead atoms. The maximum atomic E-state index is 9.04. The molecule has 18 heavy (non-hydrogen) atoms. The summed E-state index contributed by atoms with van der Waals surface area (Å²) in [4.78, 5) is 0. The Morgan fingerprint density at radius 3 is 2.56 bits per heavy atom. The van der Waals surface area contributed by atoms with Crippen LogP contribution in [0.1, 0.15) is 11.1 Å². The van der Waals surface area contributed by atoms with E-state index in [4.69, 9.17) is 9.84 Å². The molecule has 2 nitrogen and oxygen atoms in total. The molecular formula is C15H15BrO2. The number of hydrogen-bond donors (Lipinski definition) is 1. The average Bonchev–Trinajstić information content (AvgIpc) is 2.39. The minimum atomic E-state index is 0.0445. The van der Waals surface area contributed by atoms with E-state index < -0.39 is 0 Å². The Balaban J connectivity index is 1.88. The van der Waals surface area contributed by atoms with Crippen molar-refractivity contribution in [1.29, 1.82) is 0 Å². The van der Waals surface area contributed by atoms with Gasteiger partial charge in [0.25, 0.3) is 0 Å². The number of benzene rings is 2. The molecule has 3 heteroatoms. The molecule has 0 amide bonds. The molecule has 0 aliphatic rings. The summed E-state index contributed by atoms with van der Waals surface area (Å²) in [6, 6.07) is 15.7. The van der Waals surface area contributed by atoms with Gasteiger partial charge in [-0.1, -0.05) is 40.2 Å². The van der Waals surface area contributed by atoms with Crippen molar-refractivity contribution in [2.75, 3.05) is 6.61 Å². The summed E-state index contributed by atoms with van der Waals surface area (Å²) in [6.07, 6.45) is 0.864. The Labute approximate surface area is 115 Å². The maximum Gasteiger partial charge on any atom is 0.119 e. The van der Waals surface area contributed by atoms with E-state index in [-0.39, 0.29) is 6.61 Å². The fraction of sp³-hybridized carbons (Fsp3) is 0.200. The van der Waals surface area contributed by atoms with Gasteiger partial charge in [-0.15, -0.1) is 0 Å². The lowest BCUT2D eigenvalue weighted by Gasteiger charge is -2.07. The van der Waals surface area contributed by atoms with Crippen LogP contribution in [0, 0.1) is 0 Å². The molecule has 0 fully saturated rings. The quantitative estimate of drug-likeness (QED) is 0.915. The van der Waals surface area contributed by atoms with Crippen LogP contribution in [-0.4, -0.2) is 11.7 Å². The van der Waals surface area contributed by atoms with Crippen LogP contribution < -0.4 is 4.74 Å². The number of halogens is 1. The smallest absolute Gasteiger partial charge is 0.119 e. The molecule has 0 spiro atoms. The molecule has 0 heterocycles. The van der Waals surface area contributed by atoms with E-state index in [0.29, 0.717) is 6.61 Å². The Morgan fingerprint density at radius 1 is 1.00 bits per heavy atom. The molecule has 2 rings (SSSR count). The minimum Gasteiger partial charge on any atom is -0.493 e. The van der Waals surface area contributed by atoms with E-state index in [1.54, 1.807) is 0 Å². The molecule has 1 N–H and O–H groups in total. The lowest BCUT2D eigenvalue weighted by Crippen LogP contribution is -2.01. The predicted octanol–water partition coefficient (Wildman–Crippen LogP) is 3.56. The highest BCUT2D eigenvalue weighted by atomic mass is 79.9. The minimum absolute atomic E-state index is 0.0445. The van der Waals surface area contributed by atoms with Gasteiger partial charge in [-0.05, 0) is 35.4 Å². The zero-order chi connectivity index (χ0) is 12.8. The van der Waals surface area contributed by atoms with E-state index >= 15 is 0 Å². The molecule has 0 atom stereocenters. The Hall–Kier alpha value is -1.32. The Kier molecular flexibility index (Phi) is 4.79. The molecule has 0 radical (unpaired) electrons. The zero-order valence-corrected chi connectivity index (χ0v) is 11.6. The highest BCUT2D eigenvalue weighted by Gasteiger charge is 1.98. The molecule has 2 aromatic carbocycles. The zero-order valence-electron chi connectivity index (χ0n) is 9.97. The summed E-state index contributed by atoms with van der Waals surface area (Å²) >= 11 is 3.45. The van der Waals surface area contributed by atoms with E-state index in [0.717, 1.165) is 22.2 Å². The lowest BCUT2D eigenvalue weighted by molar-refractivity contribution is 0.279. The van der Waals surface area contributed by atoms with E-state index in [1.165, 1.54) is 5.56 Å². The van der Waals surface area contributed by atoms with E-state index in [9.17, 15) is 0 Å². The fourth-order valence-corrected chi connectivity index (χ4v) is 2.16. The van der Waals surface area contributed by atoms with Crippen molar-refractivity contribution in [1.82, 2.24) is 0 Å². The highest BCUT2D eigenvalue weighted by Crippen LogP contribution is 2.15. The largest absolute Gasteiger partial charge is 0.493 e. The second kappa shape index (κ2) is 6.57. The molecular weight excluding hydrogens is 292 g/mol. The van der Waals surface area contributed by atoms with Crippen molar-refractivity contribution < 1.29 is 9.84 Å². The van der Waals surface area contributed by atoms with Gasteiger partial charge in [0.1, 0.15) is 5.75 Å². The number of hydrogen-bond acceptors (Lipinski definition) is 2. The molecule has 0 aliphatic heterocycles. The first kappa shape index (κ1) is 13.1. The van der Waals surface area contributed by atoms with Crippen molar-refractivity contribution in [3.63, 3.8) is 0 Å². The monoisotopic (exact) mass is 306 g/mol. The second-order valence-electron chi connectivity index (χ2n) is 4.03. The van der Waals surface area contributed by atoms with E-state index in [2.05, 4.69) is 28.1 Å². The third kappa shape index (κ3) is 3.86. The van der Waals surface area contributed by atoms with Crippen LogP contribution >= 0.6 is 15.9 Å². The van der Waals surface area contributed by atoms with Crippen LogP contribution in [0.5, 0.6) is 5.75 Å². The van der Waals surface area contributed by atoms with Gasteiger partial charge in [-0.25, -0.2) is 0 Å². The first-order valence-electron chi connectivity index (χ1n) is 5.85. The summed E-state index contributed by atoms with van der Waals surface area (Å²) in [6.45, 7) is 0.675. The van der Waals surface area contributed by atoms with Crippen LogP contribution in [0.2, 0.25) is 0 Å². The second-order valence-corrected chi connectivity index (χ2v) is 4.95. The fourth-order valence-electron chi connectivity index (χ4n) is 1.71. The third-order valence-corrected chi connectivity index (χ3v) is 3.12. The van der Waals surface area contributed by atoms with Gasteiger partial charge in [-0.2, -0.15) is 0 Å². The van der Waals surface area contributed by atoms with Crippen LogP contribution in [0.3, 0.4) is 0 Å². The van der Waals surface area contributed by atoms with Gasteiger partial charge in [0.05, 0.1) is 13.2 Å². The topological polar surface area (TPSA) is 29.5 Å². The molecule has 0 unspecified atom stereocenters. The van der Waals surface area contributed by atoms with Crippen LogP contribution in [0.4, 0.5) is 0 Å². The molecule has 0 saturated carbocycles. The first-order valence-corrected chi connectivity index (χ1v) is 6.64. The lowest BCUT2D eigenvalue weighted by atomic mass is 10.2. The van der Waals surface area contributed by atoms with Crippen molar-refractivity contribution in [2.45, 2.75) is 13.0 Å². The van der Waals surface area contributed by atoms with Crippen molar-refractivity contribution in [3.8, 4) is 5.75 Å².